The molecule has 3 rings (SSSR count). The Hall–Kier alpha value is -3.60. The van der Waals surface area contributed by atoms with E-state index in [1.165, 1.54) is 49.6 Å². The zero-order chi connectivity index (χ0) is 23.3. The molecule has 0 spiro atoms. The highest BCUT2D eigenvalue weighted by Gasteiger charge is 2.33. The molecule has 0 fully saturated rings. The first-order valence-corrected chi connectivity index (χ1v) is 9.84. The van der Waals surface area contributed by atoms with E-state index in [4.69, 9.17) is 4.84 Å². The molecule has 32 heavy (non-hydrogen) atoms. The molecule has 7 nitrogen and oxygen atoms in total. The van der Waals surface area contributed by atoms with Gasteiger partial charge >= 0.3 is 18.1 Å². The Balaban J connectivity index is 1.59. The summed E-state index contributed by atoms with van der Waals surface area (Å²) >= 11 is 2.84. The summed E-state index contributed by atoms with van der Waals surface area (Å²) in [5.41, 5.74) is -0.345. The SMILES string of the molecule is CN(Oc1ccc(NC(=O)Nc2ccc(Br)c(C(F)(F)F)c2)cc1)C(=O)c1ccccn1. The third-order valence-electron chi connectivity index (χ3n) is 4.05. The fourth-order valence-electron chi connectivity index (χ4n) is 2.56. The maximum Gasteiger partial charge on any atom is 0.417 e. The van der Waals surface area contributed by atoms with Gasteiger partial charge in [-0.15, -0.1) is 0 Å². The minimum absolute atomic E-state index is 0.0207. The average molecular weight is 509 g/mol. The summed E-state index contributed by atoms with van der Waals surface area (Å²) in [6, 6.07) is 13.6. The number of benzene rings is 2. The van der Waals surface area contributed by atoms with Crippen molar-refractivity contribution < 1.29 is 27.6 Å². The Morgan fingerprint density at radius 3 is 2.28 bits per heavy atom. The quantitative estimate of drug-likeness (QED) is 0.441. The van der Waals surface area contributed by atoms with Crippen LogP contribution in [0.15, 0.2) is 71.3 Å². The highest BCUT2D eigenvalue weighted by Crippen LogP contribution is 2.36. The van der Waals surface area contributed by atoms with Gasteiger partial charge in [-0.05, 0) is 54.6 Å². The molecule has 11 heteroatoms. The number of halogens is 4. The number of amides is 3. The summed E-state index contributed by atoms with van der Waals surface area (Å²) in [6.45, 7) is 0. The number of carbonyl (C=O) groups is 2. The lowest BCUT2D eigenvalue weighted by atomic mass is 10.2. The number of rotatable bonds is 5. The van der Waals surface area contributed by atoms with E-state index in [9.17, 15) is 22.8 Å². The van der Waals surface area contributed by atoms with Gasteiger partial charge < -0.3 is 15.5 Å². The third kappa shape index (κ3) is 5.97. The van der Waals surface area contributed by atoms with Gasteiger partial charge in [0.25, 0.3) is 0 Å². The number of hydrogen-bond acceptors (Lipinski definition) is 4. The first kappa shape index (κ1) is 23.1. The number of urea groups is 1. The number of hydrogen-bond donors (Lipinski definition) is 2. The summed E-state index contributed by atoms with van der Waals surface area (Å²) in [7, 11) is 1.43. The molecule has 0 radical (unpaired) electrons. The van der Waals surface area contributed by atoms with E-state index >= 15 is 0 Å². The van der Waals surface area contributed by atoms with Crippen molar-refractivity contribution in [1.82, 2.24) is 10.0 Å². The van der Waals surface area contributed by atoms with E-state index in [-0.39, 0.29) is 15.9 Å². The minimum atomic E-state index is -4.56. The van der Waals surface area contributed by atoms with E-state index in [0.717, 1.165) is 11.1 Å². The molecule has 0 aliphatic heterocycles. The molecular formula is C21H16BrF3N4O3. The number of nitrogens with one attached hydrogen (secondary N) is 2. The van der Waals surface area contributed by atoms with Crippen molar-refractivity contribution in [2.75, 3.05) is 17.7 Å². The van der Waals surface area contributed by atoms with Gasteiger partial charge in [0.15, 0.2) is 5.75 Å². The molecule has 2 N–H and O–H groups in total. The Labute approximate surface area is 189 Å². The maximum atomic E-state index is 13.0. The first-order chi connectivity index (χ1) is 15.1. The summed E-state index contributed by atoms with van der Waals surface area (Å²) in [5.74, 6) is -0.120. The molecule has 3 aromatic rings. The number of anilines is 2. The van der Waals surface area contributed by atoms with E-state index in [2.05, 4.69) is 31.5 Å². The fourth-order valence-corrected chi connectivity index (χ4v) is 3.03. The van der Waals surface area contributed by atoms with Crippen molar-refractivity contribution in [3.05, 3.63) is 82.6 Å². The normalized spacial score (nSPS) is 10.9. The van der Waals surface area contributed by atoms with Crippen LogP contribution < -0.4 is 15.5 Å². The van der Waals surface area contributed by atoms with Crippen molar-refractivity contribution in [1.29, 1.82) is 0 Å². The van der Waals surface area contributed by atoms with Gasteiger partial charge in [-0.3, -0.25) is 9.78 Å². The van der Waals surface area contributed by atoms with E-state index in [0.29, 0.717) is 11.4 Å². The summed E-state index contributed by atoms with van der Waals surface area (Å²) in [5, 5.41) is 5.87. The van der Waals surface area contributed by atoms with Crippen molar-refractivity contribution in [3.8, 4) is 5.75 Å². The van der Waals surface area contributed by atoms with Crippen LogP contribution in [0.4, 0.5) is 29.3 Å². The molecule has 0 atom stereocenters. The maximum absolute atomic E-state index is 13.0. The Bertz CT molecular complexity index is 1110. The molecular weight excluding hydrogens is 493 g/mol. The van der Waals surface area contributed by atoms with Crippen LogP contribution in [0.25, 0.3) is 0 Å². The van der Waals surface area contributed by atoms with Crippen LogP contribution in [0, 0.1) is 0 Å². The predicted molar refractivity (Wildman–Crippen MR) is 115 cm³/mol. The number of aromatic nitrogens is 1. The molecule has 0 bridgehead atoms. The van der Waals surface area contributed by atoms with Crippen LogP contribution in [0.5, 0.6) is 5.75 Å². The second-order valence-electron chi connectivity index (χ2n) is 6.40. The van der Waals surface area contributed by atoms with Crippen LogP contribution in [0.2, 0.25) is 0 Å². The first-order valence-electron chi connectivity index (χ1n) is 9.05. The Kier molecular flexibility index (Phi) is 6.98. The predicted octanol–water partition coefficient (Wildman–Crippen LogP) is 5.57. The standard InChI is InChI=1S/C21H16BrF3N4O3/c1-29(19(30)18-4-2-3-11-26-18)32-15-8-5-13(6-9-15)27-20(31)28-14-7-10-17(22)16(12-14)21(23,24)25/h2-12H,1H3,(H2,27,28,31). The van der Waals surface area contributed by atoms with Crippen molar-refractivity contribution in [2.24, 2.45) is 0 Å². The van der Waals surface area contributed by atoms with Gasteiger partial charge in [0.1, 0.15) is 5.69 Å². The number of carbonyl (C=O) groups excluding carboxylic acids is 2. The van der Waals surface area contributed by atoms with Crippen LogP contribution in [0.3, 0.4) is 0 Å². The van der Waals surface area contributed by atoms with Gasteiger partial charge in [-0.2, -0.15) is 18.2 Å². The van der Waals surface area contributed by atoms with E-state index < -0.39 is 23.7 Å². The van der Waals surface area contributed by atoms with E-state index in [1.54, 1.807) is 18.2 Å². The van der Waals surface area contributed by atoms with E-state index in [1.807, 2.05) is 0 Å². The third-order valence-corrected chi connectivity index (χ3v) is 4.75. The topological polar surface area (TPSA) is 83.6 Å². The number of nitrogens with zero attached hydrogens (tertiary/aromatic N) is 2. The van der Waals surface area contributed by atoms with Crippen LogP contribution in [-0.4, -0.2) is 29.0 Å². The number of hydroxylamine groups is 2. The zero-order valence-corrected chi connectivity index (χ0v) is 18.1. The summed E-state index contributed by atoms with van der Waals surface area (Å²) in [4.78, 5) is 33.8. The minimum Gasteiger partial charge on any atom is -0.377 e. The molecule has 0 aliphatic rings. The van der Waals surface area contributed by atoms with Gasteiger partial charge in [-0.1, -0.05) is 22.0 Å². The Morgan fingerprint density at radius 2 is 1.66 bits per heavy atom. The van der Waals surface area contributed by atoms with Crippen molar-refractivity contribution >= 4 is 39.2 Å². The molecule has 2 aromatic carbocycles. The highest BCUT2D eigenvalue weighted by molar-refractivity contribution is 9.10. The molecule has 0 saturated heterocycles. The molecule has 1 heterocycles. The van der Waals surface area contributed by atoms with Crippen molar-refractivity contribution in [3.63, 3.8) is 0 Å². The van der Waals surface area contributed by atoms with Gasteiger partial charge in [0.2, 0.25) is 0 Å². The fraction of sp³-hybridized carbons (Fsp3) is 0.0952. The zero-order valence-electron chi connectivity index (χ0n) is 16.5. The molecule has 0 aliphatic carbocycles. The van der Waals surface area contributed by atoms with Crippen molar-refractivity contribution in [2.45, 2.75) is 6.18 Å². The molecule has 0 saturated carbocycles. The molecule has 3 amide bonds. The van der Waals surface area contributed by atoms with Crippen LogP contribution >= 0.6 is 15.9 Å². The van der Waals surface area contributed by atoms with Gasteiger partial charge in [0, 0.05) is 29.1 Å². The lowest BCUT2D eigenvalue weighted by Gasteiger charge is -2.17. The molecule has 166 valence electrons. The number of alkyl halides is 3. The van der Waals surface area contributed by atoms with Gasteiger partial charge in [-0.25, -0.2) is 4.79 Å². The number of pyridine rings is 1. The Morgan fingerprint density at radius 1 is 1.00 bits per heavy atom. The lowest BCUT2D eigenvalue weighted by molar-refractivity contribution is -0.138. The van der Waals surface area contributed by atoms with Crippen LogP contribution in [-0.2, 0) is 6.18 Å². The second kappa shape index (κ2) is 9.69. The van der Waals surface area contributed by atoms with Crippen LogP contribution in [0.1, 0.15) is 16.1 Å². The highest BCUT2D eigenvalue weighted by atomic mass is 79.9. The molecule has 1 aromatic heterocycles. The average Bonchev–Trinajstić information content (AvgIpc) is 2.75. The summed E-state index contributed by atoms with van der Waals surface area (Å²) < 4.78 is 38.8. The smallest absolute Gasteiger partial charge is 0.377 e. The molecule has 0 unspecified atom stereocenters. The monoisotopic (exact) mass is 508 g/mol. The summed E-state index contributed by atoms with van der Waals surface area (Å²) in [6.07, 6.45) is -3.07. The largest absolute Gasteiger partial charge is 0.417 e. The van der Waals surface area contributed by atoms with Gasteiger partial charge in [0.05, 0.1) is 5.56 Å². The lowest BCUT2D eigenvalue weighted by Crippen LogP contribution is -2.30. The second-order valence-corrected chi connectivity index (χ2v) is 7.26.